The van der Waals surface area contributed by atoms with Crippen LogP contribution in [0.1, 0.15) is 5.56 Å². The Hall–Kier alpha value is -2.86. The molecule has 6 nitrogen and oxygen atoms in total. The third-order valence-corrected chi connectivity index (χ3v) is 4.11. The summed E-state index contributed by atoms with van der Waals surface area (Å²) in [5.74, 6) is 1.58. The fourth-order valence-electron chi connectivity index (χ4n) is 2.80. The second-order valence-corrected chi connectivity index (χ2v) is 6.03. The van der Waals surface area contributed by atoms with E-state index >= 15 is 0 Å². The van der Waals surface area contributed by atoms with Gasteiger partial charge in [0.25, 0.3) is 6.01 Å². The van der Waals surface area contributed by atoms with Crippen molar-refractivity contribution in [3.05, 3.63) is 54.4 Å². The van der Waals surface area contributed by atoms with E-state index in [1.165, 1.54) is 5.56 Å². The van der Waals surface area contributed by atoms with Crippen molar-refractivity contribution in [2.24, 2.45) is 0 Å². The Kier molecular flexibility index (Phi) is 4.35. The lowest BCUT2D eigenvalue weighted by Gasteiger charge is -2.24. The molecule has 1 aromatic carbocycles. The van der Waals surface area contributed by atoms with E-state index in [2.05, 4.69) is 20.2 Å². The SMILES string of the molecule is Cc1ccnc(Nc2cccc(-c3cnc(N4CCOCC4)o3)c2)c1. The second kappa shape index (κ2) is 6.94. The number of aryl methyl sites for hydroxylation is 1. The summed E-state index contributed by atoms with van der Waals surface area (Å²) in [5.41, 5.74) is 3.10. The number of nitrogens with zero attached hydrogens (tertiary/aromatic N) is 3. The minimum Gasteiger partial charge on any atom is -0.423 e. The molecule has 0 bridgehead atoms. The van der Waals surface area contributed by atoms with E-state index in [1.54, 1.807) is 12.4 Å². The van der Waals surface area contributed by atoms with Gasteiger partial charge in [0.05, 0.1) is 19.4 Å². The molecule has 4 rings (SSSR count). The van der Waals surface area contributed by atoms with E-state index in [9.17, 15) is 0 Å². The Morgan fingerprint density at radius 2 is 1.96 bits per heavy atom. The van der Waals surface area contributed by atoms with Crippen LogP contribution in [-0.4, -0.2) is 36.3 Å². The summed E-state index contributed by atoms with van der Waals surface area (Å²) in [7, 11) is 0. The van der Waals surface area contributed by atoms with Crippen LogP contribution in [-0.2, 0) is 4.74 Å². The lowest BCUT2D eigenvalue weighted by atomic mass is 10.1. The number of ether oxygens (including phenoxy) is 1. The van der Waals surface area contributed by atoms with E-state index in [0.29, 0.717) is 19.2 Å². The summed E-state index contributed by atoms with van der Waals surface area (Å²) in [6.07, 6.45) is 3.57. The maximum atomic E-state index is 5.95. The third kappa shape index (κ3) is 3.64. The lowest BCUT2D eigenvalue weighted by Crippen LogP contribution is -2.36. The van der Waals surface area contributed by atoms with Crippen molar-refractivity contribution in [3.8, 4) is 11.3 Å². The van der Waals surface area contributed by atoms with Gasteiger partial charge in [-0.2, -0.15) is 0 Å². The molecule has 3 heterocycles. The number of morpholine rings is 1. The van der Waals surface area contributed by atoms with E-state index < -0.39 is 0 Å². The smallest absolute Gasteiger partial charge is 0.297 e. The molecule has 0 atom stereocenters. The summed E-state index contributed by atoms with van der Waals surface area (Å²) in [4.78, 5) is 10.9. The predicted octanol–water partition coefficient (Wildman–Crippen LogP) is 3.63. The largest absolute Gasteiger partial charge is 0.423 e. The van der Waals surface area contributed by atoms with Gasteiger partial charge in [0.15, 0.2) is 5.76 Å². The average Bonchev–Trinajstić information content (AvgIpc) is 3.13. The van der Waals surface area contributed by atoms with Gasteiger partial charge in [-0.1, -0.05) is 12.1 Å². The van der Waals surface area contributed by atoms with E-state index in [4.69, 9.17) is 9.15 Å². The molecule has 128 valence electrons. The van der Waals surface area contributed by atoms with Crippen molar-refractivity contribution in [2.75, 3.05) is 36.5 Å². The molecule has 0 saturated carbocycles. The predicted molar refractivity (Wildman–Crippen MR) is 97.2 cm³/mol. The van der Waals surface area contributed by atoms with Crippen LogP contribution in [0.4, 0.5) is 17.5 Å². The minimum atomic E-state index is 0.650. The molecule has 0 spiro atoms. The Labute approximate surface area is 146 Å². The normalized spacial score (nSPS) is 14.5. The molecule has 2 aromatic heterocycles. The number of hydrogen-bond acceptors (Lipinski definition) is 6. The zero-order chi connectivity index (χ0) is 17.1. The molecule has 0 radical (unpaired) electrons. The molecule has 0 aliphatic carbocycles. The number of nitrogens with one attached hydrogen (secondary N) is 1. The molecule has 1 N–H and O–H groups in total. The first-order valence-electron chi connectivity index (χ1n) is 8.36. The highest BCUT2D eigenvalue weighted by Gasteiger charge is 2.17. The summed E-state index contributed by atoms with van der Waals surface area (Å²) in [6, 6.07) is 12.7. The topological polar surface area (TPSA) is 63.4 Å². The van der Waals surface area contributed by atoms with E-state index in [0.717, 1.165) is 35.9 Å². The molecule has 25 heavy (non-hydrogen) atoms. The van der Waals surface area contributed by atoms with Crippen LogP contribution in [0.25, 0.3) is 11.3 Å². The Balaban J connectivity index is 1.54. The number of benzene rings is 1. The van der Waals surface area contributed by atoms with Crippen molar-refractivity contribution >= 4 is 17.5 Å². The molecule has 1 aliphatic rings. The molecular weight excluding hydrogens is 316 g/mol. The summed E-state index contributed by atoms with van der Waals surface area (Å²) < 4.78 is 11.3. The number of hydrogen-bond donors (Lipinski definition) is 1. The molecular formula is C19H20N4O2. The molecule has 1 saturated heterocycles. The third-order valence-electron chi connectivity index (χ3n) is 4.11. The van der Waals surface area contributed by atoms with Gasteiger partial charge in [0.1, 0.15) is 5.82 Å². The van der Waals surface area contributed by atoms with Crippen molar-refractivity contribution in [1.82, 2.24) is 9.97 Å². The second-order valence-electron chi connectivity index (χ2n) is 6.03. The number of rotatable bonds is 4. The van der Waals surface area contributed by atoms with Crippen LogP contribution in [0.15, 0.2) is 53.2 Å². The maximum Gasteiger partial charge on any atom is 0.297 e. The zero-order valence-electron chi connectivity index (χ0n) is 14.1. The highest BCUT2D eigenvalue weighted by Crippen LogP contribution is 2.27. The number of aromatic nitrogens is 2. The summed E-state index contributed by atoms with van der Waals surface area (Å²) >= 11 is 0. The Morgan fingerprint density at radius 3 is 2.80 bits per heavy atom. The average molecular weight is 336 g/mol. The van der Waals surface area contributed by atoms with Crippen LogP contribution in [0.5, 0.6) is 0 Å². The van der Waals surface area contributed by atoms with Crippen LogP contribution in [0.3, 0.4) is 0 Å². The fourth-order valence-corrected chi connectivity index (χ4v) is 2.80. The van der Waals surface area contributed by atoms with Gasteiger partial charge in [-0.15, -0.1) is 0 Å². The number of anilines is 3. The molecule has 1 fully saturated rings. The molecule has 3 aromatic rings. The van der Waals surface area contributed by atoms with Gasteiger partial charge < -0.3 is 19.4 Å². The monoisotopic (exact) mass is 336 g/mol. The molecule has 0 unspecified atom stereocenters. The zero-order valence-corrected chi connectivity index (χ0v) is 14.1. The summed E-state index contributed by atoms with van der Waals surface area (Å²) in [5, 5.41) is 3.32. The maximum absolute atomic E-state index is 5.95. The van der Waals surface area contributed by atoms with Gasteiger partial charge >= 0.3 is 0 Å². The molecule has 6 heteroatoms. The van der Waals surface area contributed by atoms with Gasteiger partial charge in [-0.3, -0.25) is 0 Å². The minimum absolute atomic E-state index is 0.650. The van der Waals surface area contributed by atoms with E-state index in [1.807, 2.05) is 43.3 Å². The molecule has 0 amide bonds. The van der Waals surface area contributed by atoms with Gasteiger partial charge in [0.2, 0.25) is 0 Å². The van der Waals surface area contributed by atoms with Crippen molar-refractivity contribution in [2.45, 2.75) is 6.92 Å². The Morgan fingerprint density at radius 1 is 1.08 bits per heavy atom. The van der Waals surface area contributed by atoms with E-state index in [-0.39, 0.29) is 0 Å². The number of oxazole rings is 1. The van der Waals surface area contributed by atoms with Crippen LogP contribution in [0, 0.1) is 6.92 Å². The highest BCUT2D eigenvalue weighted by atomic mass is 16.5. The molecule has 1 aliphatic heterocycles. The van der Waals surface area contributed by atoms with Crippen LogP contribution < -0.4 is 10.2 Å². The first kappa shape index (κ1) is 15.7. The quantitative estimate of drug-likeness (QED) is 0.785. The first-order valence-corrected chi connectivity index (χ1v) is 8.36. The van der Waals surface area contributed by atoms with Crippen LogP contribution in [0.2, 0.25) is 0 Å². The van der Waals surface area contributed by atoms with Gasteiger partial charge in [-0.05, 0) is 36.8 Å². The standard InChI is InChI=1S/C19H20N4O2/c1-14-5-6-20-18(11-14)22-16-4-2-3-15(12-16)17-13-21-19(25-17)23-7-9-24-10-8-23/h2-6,11-13H,7-10H2,1H3,(H,20,22). The lowest BCUT2D eigenvalue weighted by molar-refractivity contribution is 0.120. The highest BCUT2D eigenvalue weighted by molar-refractivity contribution is 5.67. The van der Waals surface area contributed by atoms with Crippen molar-refractivity contribution < 1.29 is 9.15 Å². The number of pyridine rings is 1. The fraction of sp³-hybridized carbons (Fsp3) is 0.263. The summed E-state index contributed by atoms with van der Waals surface area (Å²) in [6.45, 7) is 5.08. The van der Waals surface area contributed by atoms with Crippen molar-refractivity contribution in [3.63, 3.8) is 0 Å². The van der Waals surface area contributed by atoms with Crippen LogP contribution >= 0.6 is 0 Å². The van der Waals surface area contributed by atoms with Gasteiger partial charge in [0, 0.05) is 30.5 Å². The van der Waals surface area contributed by atoms with Gasteiger partial charge in [-0.25, -0.2) is 9.97 Å². The Bertz CT molecular complexity index is 856. The van der Waals surface area contributed by atoms with Crippen molar-refractivity contribution in [1.29, 1.82) is 0 Å². The first-order chi connectivity index (χ1) is 12.3.